The summed E-state index contributed by atoms with van der Waals surface area (Å²) in [5, 5.41) is 37.9. The summed E-state index contributed by atoms with van der Waals surface area (Å²) in [5.41, 5.74) is 5.82. The predicted molar refractivity (Wildman–Crippen MR) is 201 cm³/mol. The third-order valence-corrected chi connectivity index (χ3v) is 9.49. The fourth-order valence-corrected chi connectivity index (χ4v) is 6.06. The SMILES string of the molecule is CCCCC(CC)COCC(O)CN(CCN)CCNCCN(CCNCC(O)COCCCS(O)(O)O)CC(O)COCCCS(O)(O)O. The molecule has 0 saturated carbocycles. The van der Waals surface area contributed by atoms with Gasteiger partial charge in [-0.05, 0) is 25.2 Å². The average molecular weight is 772 g/mol. The molecule has 0 amide bonds. The molecular weight excluding hydrogens is 698 g/mol. The van der Waals surface area contributed by atoms with E-state index in [1.54, 1.807) is 0 Å². The van der Waals surface area contributed by atoms with Crippen molar-refractivity contribution in [2.75, 3.05) is 123 Å². The summed E-state index contributed by atoms with van der Waals surface area (Å²) >= 11 is 0. The summed E-state index contributed by atoms with van der Waals surface area (Å²) in [4.78, 5) is 4.17. The number of nitrogens with zero attached hydrogens (tertiary/aromatic N) is 2. The molecule has 4 unspecified atom stereocenters. The summed E-state index contributed by atoms with van der Waals surface area (Å²) in [7, 11) is -7.10. The Balaban J connectivity index is 4.65. The van der Waals surface area contributed by atoms with E-state index in [2.05, 4.69) is 34.3 Å². The average Bonchev–Trinajstić information content (AvgIpc) is 3.02. The molecule has 306 valence electrons. The Morgan fingerprint density at radius 2 is 1.10 bits per heavy atom. The van der Waals surface area contributed by atoms with Crippen molar-refractivity contribution in [2.45, 2.75) is 70.7 Å². The first-order chi connectivity index (χ1) is 23.7. The molecule has 17 nitrogen and oxygen atoms in total. The molecule has 13 N–H and O–H groups in total. The van der Waals surface area contributed by atoms with Gasteiger partial charge in [0, 0.05) is 103 Å². The van der Waals surface area contributed by atoms with Gasteiger partial charge < -0.3 is 73.2 Å². The summed E-state index contributed by atoms with van der Waals surface area (Å²) in [6.45, 7) is 11.6. The number of aliphatic hydroxyl groups excluding tert-OH is 3. The van der Waals surface area contributed by atoms with Crippen LogP contribution in [0.3, 0.4) is 0 Å². The Kier molecular flexibility index (Phi) is 31.4. The first kappa shape index (κ1) is 50.0. The Labute approximate surface area is 304 Å². The first-order valence-electron chi connectivity index (χ1n) is 18.0. The van der Waals surface area contributed by atoms with Gasteiger partial charge in [-0.15, -0.1) is 0 Å². The number of rotatable bonds is 37. The quantitative estimate of drug-likeness (QED) is 0.0397. The van der Waals surface area contributed by atoms with Crippen LogP contribution in [0.2, 0.25) is 0 Å². The van der Waals surface area contributed by atoms with Crippen LogP contribution in [-0.2, 0) is 14.2 Å². The molecule has 0 saturated heterocycles. The monoisotopic (exact) mass is 771 g/mol. The maximum absolute atomic E-state index is 10.6. The molecule has 0 rings (SSSR count). The van der Waals surface area contributed by atoms with Crippen molar-refractivity contribution in [1.29, 1.82) is 0 Å². The highest BCUT2D eigenvalue weighted by molar-refractivity contribution is 8.19. The molecule has 4 atom stereocenters. The molecule has 0 radical (unpaired) electrons. The molecule has 0 aromatic carbocycles. The van der Waals surface area contributed by atoms with Crippen LogP contribution in [0, 0.1) is 5.92 Å². The predicted octanol–water partition coefficient (Wildman–Crippen LogP) is 1.30. The minimum Gasteiger partial charge on any atom is -0.389 e. The highest BCUT2D eigenvalue weighted by Gasteiger charge is 2.16. The fourth-order valence-electron chi connectivity index (χ4n) is 5.05. The van der Waals surface area contributed by atoms with Crippen LogP contribution in [0.1, 0.15) is 52.4 Å². The number of hydrogen-bond acceptors (Lipinski definition) is 17. The van der Waals surface area contributed by atoms with Crippen LogP contribution < -0.4 is 16.4 Å². The van der Waals surface area contributed by atoms with E-state index >= 15 is 0 Å². The molecule has 0 aliphatic heterocycles. The molecule has 0 spiro atoms. The van der Waals surface area contributed by atoms with E-state index in [9.17, 15) is 15.3 Å². The van der Waals surface area contributed by atoms with E-state index in [1.807, 2.05) is 0 Å². The van der Waals surface area contributed by atoms with Gasteiger partial charge in [0.25, 0.3) is 0 Å². The van der Waals surface area contributed by atoms with Crippen LogP contribution in [0.4, 0.5) is 0 Å². The maximum Gasteiger partial charge on any atom is 0.0900 e. The van der Waals surface area contributed by atoms with Gasteiger partial charge >= 0.3 is 0 Å². The van der Waals surface area contributed by atoms with E-state index in [0.717, 1.165) is 12.8 Å². The van der Waals surface area contributed by atoms with Crippen molar-refractivity contribution in [1.82, 2.24) is 20.4 Å². The molecule has 0 fully saturated rings. The first-order valence-corrected chi connectivity index (χ1v) is 21.3. The summed E-state index contributed by atoms with van der Waals surface area (Å²) in [6, 6.07) is 0. The van der Waals surface area contributed by atoms with Crippen molar-refractivity contribution in [3.05, 3.63) is 0 Å². The van der Waals surface area contributed by atoms with Crippen LogP contribution in [-0.4, -0.2) is 194 Å². The lowest BCUT2D eigenvalue weighted by atomic mass is 10.0. The van der Waals surface area contributed by atoms with E-state index in [0.29, 0.717) is 84.6 Å². The number of nitrogens with two attached hydrogens (primary N) is 1. The molecular formula is C31H73N5O12S2. The number of nitrogens with one attached hydrogen (secondary N) is 2. The molecule has 0 aromatic rings. The van der Waals surface area contributed by atoms with E-state index in [1.165, 1.54) is 12.8 Å². The van der Waals surface area contributed by atoms with Crippen molar-refractivity contribution < 1.29 is 56.8 Å². The lowest BCUT2D eigenvalue weighted by Gasteiger charge is -2.27. The molecule has 0 aliphatic rings. The highest BCUT2D eigenvalue weighted by Crippen LogP contribution is 2.33. The zero-order chi connectivity index (χ0) is 37.7. The molecule has 0 bridgehead atoms. The zero-order valence-electron chi connectivity index (χ0n) is 30.5. The number of ether oxygens (including phenoxy) is 3. The Hall–Kier alpha value is 0.0200. The van der Waals surface area contributed by atoms with Gasteiger partial charge in [-0.3, -0.25) is 9.80 Å². The molecule has 0 heterocycles. The van der Waals surface area contributed by atoms with Crippen molar-refractivity contribution in [3.63, 3.8) is 0 Å². The summed E-state index contributed by atoms with van der Waals surface area (Å²) in [5.74, 6) is 0.154. The third-order valence-electron chi connectivity index (χ3n) is 7.82. The highest BCUT2D eigenvalue weighted by atomic mass is 32.3. The smallest absolute Gasteiger partial charge is 0.0900 e. The maximum atomic E-state index is 10.6. The van der Waals surface area contributed by atoms with Crippen LogP contribution in [0.25, 0.3) is 0 Å². The lowest BCUT2D eigenvalue weighted by molar-refractivity contribution is 0.00341. The Morgan fingerprint density at radius 3 is 1.58 bits per heavy atom. The van der Waals surface area contributed by atoms with Crippen LogP contribution in [0.15, 0.2) is 0 Å². The van der Waals surface area contributed by atoms with E-state index in [-0.39, 0.29) is 57.3 Å². The van der Waals surface area contributed by atoms with Gasteiger partial charge in [-0.25, -0.2) is 0 Å². The van der Waals surface area contributed by atoms with Gasteiger partial charge in [-0.1, -0.05) is 33.1 Å². The fraction of sp³-hybridized carbons (Fsp3) is 1.00. The largest absolute Gasteiger partial charge is 0.389 e. The second-order valence-electron chi connectivity index (χ2n) is 12.8. The Morgan fingerprint density at radius 1 is 0.620 bits per heavy atom. The van der Waals surface area contributed by atoms with E-state index in [4.69, 9.17) is 47.3 Å². The van der Waals surface area contributed by atoms with Crippen molar-refractivity contribution in [3.8, 4) is 0 Å². The number of hydrogen-bond donors (Lipinski definition) is 12. The molecule has 0 aliphatic carbocycles. The van der Waals surface area contributed by atoms with E-state index < -0.39 is 40.1 Å². The van der Waals surface area contributed by atoms with Gasteiger partial charge in [0.1, 0.15) is 0 Å². The van der Waals surface area contributed by atoms with Gasteiger partial charge in [-0.2, -0.15) is 0 Å². The van der Waals surface area contributed by atoms with Gasteiger partial charge in [0.15, 0.2) is 0 Å². The summed E-state index contributed by atoms with van der Waals surface area (Å²) in [6.07, 6.45) is 2.87. The second kappa shape index (κ2) is 31.4. The molecule has 0 aromatic heterocycles. The minimum atomic E-state index is -3.56. The van der Waals surface area contributed by atoms with Crippen LogP contribution >= 0.6 is 21.7 Å². The topological polar surface area (TPSA) is 266 Å². The minimum absolute atomic E-state index is 0.0431. The summed E-state index contributed by atoms with van der Waals surface area (Å²) < 4.78 is 70.7. The normalized spacial score (nSPS) is 15.9. The Bertz CT molecular complexity index is 762. The standard InChI is InChI=1S/C31H73N5O12S2/c1-3-5-8-28(4-2)24-48-27-31(39)22-35(13-9-32)14-10-33-11-15-36(23-30(38)26-47-18-7-20-50(43,44)45)16-12-34-21-29(37)25-46-17-6-19-49(40,41)42/h28-31,33-34,37-45H,3-27,32H2,1-2H3. The molecule has 19 heteroatoms. The van der Waals surface area contributed by atoms with Gasteiger partial charge in [0.05, 0.1) is 59.9 Å². The van der Waals surface area contributed by atoms with Crippen LogP contribution in [0.5, 0.6) is 0 Å². The number of unbranched alkanes of at least 4 members (excludes halogenated alkanes) is 1. The zero-order valence-corrected chi connectivity index (χ0v) is 32.2. The molecule has 50 heavy (non-hydrogen) atoms. The lowest BCUT2D eigenvalue weighted by Crippen LogP contribution is -2.45. The third kappa shape index (κ3) is 33.8. The van der Waals surface area contributed by atoms with Gasteiger partial charge in [0.2, 0.25) is 0 Å². The van der Waals surface area contributed by atoms with Crippen molar-refractivity contribution in [2.24, 2.45) is 11.7 Å². The number of aliphatic hydroxyl groups is 3. The second-order valence-corrected chi connectivity index (χ2v) is 16.1. The van der Waals surface area contributed by atoms with Crippen molar-refractivity contribution >= 4 is 21.7 Å².